The van der Waals surface area contributed by atoms with Gasteiger partial charge in [-0.15, -0.1) is 0 Å². The van der Waals surface area contributed by atoms with Gasteiger partial charge in [-0.05, 0) is 38.9 Å². The molecule has 0 spiro atoms. The normalized spacial score (nSPS) is 20.5. The van der Waals surface area contributed by atoms with Crippen LogP contribution < -0.4 is 10.2 Å². The molecule has 0 amide bonds. The zero-order valence-electron chi connectivity index (χ0n) is 9.53. The van der Waals surface area contributed by atoms with Crippen LogP contribution in [-0.2, 0) is 0 Å². The Morgan fingerprint density at radius 3 is 3.07 bits per heavy atom. The van der Waals surface area contributed by atoms with Gasteiger partial charge in [-0.25, -0.2) is 0 Å². The van der Waals surface area contributed by atoms with E-state index in [-0.39, 0.29) is 0 Å². The summed E-state index contributed by atoms with van der Waals surface area (Å²) in [5.41, 5.74) is 2.40. The monoisotopic (exact) mass is 205 g/mol. The van der Waals surface area contributed by atoms with E-state index in [0.29, 0.717) is 6.04 Å². The molecule has 0 bridgehead atoms. The second-order valence-corrected chi connectivity index (χ2v) is 4.09. The Balaban J connectivity index is 2.18. The van der Waals surface area contributed by atoms with Gasteiger partial charge in [-0.1, -0.05) is 0 Å². The largest absolute Gasteiger partial charge is 0.367 e. The molecular weight excluding hydrogens is 186 g/mol. The smallest absolute Gasteiger partial charge is 0.0426 e. The molecule has 1 fully saturated rings. The van der Waals surface area contributed by atoms with Gasteiger partial charge in [0, 0.05) is 36.7 Å². The molecule has 0 saturated carbocycles. The third-order valence-corrected chi connectivity index (χ3v) is 3.03. The van der Waals surface area contributed by atoms with E-state index in [9.17, 15) is 0 Å². The molecule has 2 rings (SSSR count). The lowest BCUT2D eigenvalue weighted by atomic mass is 10.2. The van der Waals surface area contributed by atoms with Gasteiger partial charge in [0.2, 0.25) is 0 Å². The minimum atomic E-state index is 0.650. The lowest BCUT2D eigenvalue weighted by molar-refractivity contribution is 0.647. The molecule has 1 aliphatic heterocycles. The lowest BCUT2D eigenvalue weighted by Gasteiger charge is -2.29. The van der Waals surface area contributed by atoms with Crippen molar-refractivity contribution in [3.63, 3.8) is 0 Å². The summed E-state index contributed by atoms with van der Waals surface area (Å²) in [4.78, 5) is 6.71. The maximum Gasteiger partial charge on any atom is 0.0426 e. The van der Waals surface area contributed by atoms with Crippen molar-refractivity contribution >= 4 is 5.69 Å². The SMILES string of the molecule is CCN(c1ccnc(C)c1)C1CCNC1. The number of rotatable bonds is 3. The molecule has 15 heavy (non-hydrogen) atoms. The van der Waals surface area contributed by atoms with Gasteiger partial charge in [0.1, 0.15) is 0 Å². The topological polar surface area (TPSA) is 28.2 Å². The van der Waals surface area contributed by atoms with Crippen molar-refractivity contribution < 1.29 is 0 Å². The van der Waals surface area contributed by atoms with Crippen LogP contribution in [0.5, 0.6) is 0 Å². The summed E-state index contributed by atoms with van der Waals surface area (Å²) in [6.07, 6.45) is 3.14. The number of aryl methyl sites for hydroxylation is 1. The minimum Gasteiger partial charge on any atom is -0.367 e. The van der Waals surface area contributed by atoms with Crippen molar-refractivity contribution in [1.82, 2.24) is 10.3 Å². The Labute approximate surface area is 91.5 Å². The summed E-state index contributed by atoms with van der Waals surface area (Å²) in [5.74, 6) is 0. The van der Waals surface area contributed by atoms with Crippen molar-refractivity contribution in [2.75, 3.05) is 24.5 Å². The summed E-state index contributed by atoms with van der Waals surface area (Å²) in [5, 5.41) is 3.41. The van der Waals surface area contributed by atoms with Crippen molar-refractivity contribution in [3.05, 3.63) is 24.0 Å². The summed E-state index contributed by atoms with van der Waals surface area (Å²) in [6, 6.07) is 4.92. The van der Waals surface area contributed by atoms with Crippen molar-refractivity contribution in [1.29, 1.82) is 0 Å². The van der Waals surface area contributed by atoms with E-state index >= 15 is 0 Å². The van der Waals surface area contributed by atoms with Crippen LogP contribution in [-0.4, -0.2) is 30.7 Å². The van der Waals surface area contributed by atoms with E-state index in [2.05, 4.69) is 34.3 Å². The van der Waals surface area contributed by atoms with E-state index in [1.807, 2.05) is 13.1 Å². The molecule has 1 N–H and O–H groups in total. The summed E-state index contributed by atoms with van der Waals surface area (Å²) >= 11 is 0. The third-order valence-electron chi connectivity index (χ3n) is 3.03. The van der Waals surface area contributed by atoms with Crippen LogP contribution >= 0.6 is 0 Å². The minimum absolute atomic E-state index is 0.650. The average molecular weight is 205 g/mol. The highest BCUT2D eigenvalue weighted by Gasteiger charge is 2.21. The Bertz CT molecular complexity index is 318. The molecule has 1 atom stereocenters. The van der Waals surface area contributed by atoms with Gasteiger partial charge < -0.3 is 10.2 Å². The molecule has 1 unspecified atom stereocenters. The van der Waals surface area contributed by atoms with E-state index in [4.69, 9.17) is 0 Å². The number of nitrogens with one attached hydrogen (secondary N) is 1. The molecule has 3 nitrogen and oxygen atoms in total. The van der Waals surface area contributed by atoms with Gasteiger partial charge in [0.05, 0.1) is 0 Å². The first kappa shape index (κ1) is 10.4. The average Bonchev–Trinajstić information content (AvgIpc) is 2.72. The molecule has 1 aromatic rings. The van der Waals surface area contributed by atoms with Crippen LogP contribution in [0, 0.1) is 6.92 Å². The third kappa shape index (κ3) is 2.29. The second kappa shape index (κ2) is 4.62. The second-order valence-electron chi connectivity index (χ2n) is 4.09. The predicted molar refractivity (Wildman–Crippen MR) is 63.3 cm³/mol. The first-order valence-electron chi connectivity index (χ1n) is 5.71. The fraction of sp³-hybridized carbons (Fsp3) is 0.583. The number of anilines is 1. The zero-order valence-corrected chi connectivity index (χ0v) is 9.53. The number of likely N-dealkylation sites (N-methyl/N-ethyl adjacent to an activating group) is 1. The van der Waals surface area contributed by atoms with Crippen LogP contribution in [0.2, 0.25) is 0 Å². The Kier molecular flexibility index (Phi) is 3.21. The van der Waals surface area contributed by atoms with Crippen molar-refractivity contribution in [3.8, 4) is 0 Å². The molecule has 2 heterocycles. The van der Waals surface area contributed by atoms with Crippen LogP contribution in [0.4, 0.5) is 5.69 Å². The van der Waals surface area contributed by atoms with Crippen LogP contribution in [0.15, 0.2) is 18.3 Å². The first-order chi connectivity index (χ1) is 7.31. The highest BCUT2D eigenvalue weighted by Crippen LogP contribution is 2.19. The number of hydrogen-bond donors (Lipinski definition) is 1. The summed E-state index contributed by atoms with van der Waals surface area (Å²) in [6.45, 7) is 7.58. The summed E-state index contributed by atoms with van der Waals surface area (Å²) < 4.78 is 0. The maximum absolute atomic E-state index is 4.24. The van der Waals surface area contributed by atoms with Gasteiger partial charge in [-0.2, -0.15) is 0 Å². The van der Waals surface area contributed by atoms with Crippen molar-refractivity contribution in [2.24, 2.45) is 0 Å². The Morgan fingerprint density at radius 2 is 2.47 bits per heavy atom. The Morgan fingerprint density at radius 1 is 1.60 bits per heavy atom. The number of nitrogens with zero attached hydrogens (tertiary/aromatic N) is 2. The van der Waals surface area contributed by atoms with E-state index in [1.165, 1.54) is 12.1 Å². The van der Waals surface area contributed by atoms with Crippen molar-refractivity contribution in [2.45, 2.75) is 26.3 Å². The molecule has 0 radical (unpaired) electrons. The predicted octanol–water partition coefficient (Wildman–Crippen LogP) is 1.58. The molecule has 82 valence electrons. The maximum atomic E-state index is 4.24. The van der Waals surface area contributed by atoms with Gasteiger partial charge in [0.15, 0.2) is 0 Å². The van der Waals surface area contributed by atoms with Crippen LogP contribution in [0.3, 0.4) is 0 Å². The number of aromatic nitrogens is 1. The molecule has 0 aromatic carbocycles. The van der Waals surface area contributed by atoms with E-state index in [1.54, 1.807) is 0 Å². The van der Waals surface area contributed by atoms with Crippen LogP contribution in [0.25, 0.3) is 0 Å². The van der Waals surface area contributed by atoms with Gasteiger partial charge in [0.25, 0.3) is 0 Å². The molecule has 3 heteroatoms. The molecule has 1 saturated heterocycles. The number of pyridine rings is 1. The lowest BCUT2D eigenvalue weighted by Crippen LogP contribution is -2.36. The zero-order chi connectivity index (χ0) is 10.7. The van der Waals surface area contributed by atoms with E-state index < -0.39 is 0 Å². The van der Waals surface area contributed by atoms with Crippen LogP contribution in [0.1, 0.15) is 19.0 Å². The molecule has 0 aliphatic carbocycles. The Hall–Kier alpha value is -1.09. The summed E-state index contributed by atoms with van der Waals surface area (Å²) in [7, 11) is 0. The quantitative estimate of drug-likeness (QED) is 0.812. The number of hydrogen-bond acceptors (Lipinski definition) is 3. The first-order valence-corrected chi connectivity index (χ1v) is 5.71. The fourth-order valence-corrected chi connectivity index (χ4v) is 2.27. The molecular formula is C12H19N3. The standard InChI is InChI=1S/C12H19N3/c1-3-15(12-4-6-13-9-12)11-5-7-14-10(2)8-11/h5,7-8,12-13H,3-4,6,9H2,1-2H3. The van der Waals surface area contributed by atoms with Gasteiger partial charge in [-0.3, -0.25) is 4.98 Å². The molecule has 1 aromatic heterocycles. The fourth-order valence-electron chi connectivity index (χ4n) is 2.27. The molecule has 1 aliphatic rings. The highest BCUT2D eigenvalue weighted by atomic mass is 15.2. The van der Waals surface area contributed by atoms with Gasteiger partial charge >= 0.3 is 0 Å². The highest BCUT2D eigenvalue weighted by molar-refractivity contribution is 5.47. The van der Waals surface area contributed by atoms with E-state index in [0.717, 1.165) is 25.3 Å².